The summed E-state index contributed by atoms with van der Waals surface area (Å²) >= 11 is 1.72. The molecule has 0 saturated carbocycles. The number of carbonyl (C=O) groups excluding carboxylic acids is 1. The molecule has 0 atom stereocenters. The molecule has 0 aliphatic rings. The lowest BCUT2D eigenvalue weighted by Crippen LogP contribution is -2.37. The molecule has 2 amide bonds. The van der Waals surface area contributed by atoms with Gasteiger partial charge in [0, 0.05) is 25.0 Å². The third kappa shape index (κ3) is 4.10. The summed E-state index contributed by atoms with van der Waals surface area (Å²) in [7, 11) is 1.83. The summed E-state index contributed by atoms with van der Waals surface area (Å²) in [6.45, 7) is 3.38. The zero-order valence-electron chi connectivity index (χ0n) is 11.9. The molecule has 20 heavy (non-hydrogen) atoms. The number of nitrogens with zero attached hydrogens (tertiary/aromatic N) is 1. The maximum atomic E-state index is 12.0. The van der Waals surface area contributed by atoms with Crippen LogP contribution in [0.2, 0.25) is 0 Å². The Morgan fingerprint density at radius 3 is 2.75 bits per heavy atom. The van der Waals surface area contributed by atoms with Gasteiger partial charge in [0.25, 0.3) is 0 Å². The molecule has 0 saturated heterocycles. The molecule has 0 spiro atoms. The smallest absolute Gasteiger partial charge is 0.317 e. The van der Waals surface area contributed by atoms with Crippen molar-refractivity contribution in [3.8, 4) is 0 Å². The van der Waals surface area contributed by atoms with Gasteiger partial charge in [0.15, 0.2) is 0 Å². The van der Waals surface area contributed by atoms with Crippen molar-refractivity contribution >= 4 is 17.4 Å². The normalized spacial score (nSPS) is 10.3. The Bertz CT molecular complexity index is 551. The van der Waals surface area contributed by atoms with Gasteiger partial charge in [-0.25, -0.2) is 4.79 Å². The van der Waals surface area contributed by atoms with Crippen molar-refractivity contribution in [1.82, 2.24) is 10.2 Å². The number of hydrogen-bond donors (Lipinski definition) is 1. The Morgan fingerprint density at radius 2 is 2.05 bits per heavy atom. The van der Waals surface area contributed by atoms with Crippen molar-refractivity contribution in [1.29, 1.82) is 0 Å². The summed E-state index contributed by atoms with van der Waals surface area (Å²) in [6, 6.07) is 12.2. The van der Waals surface area contributed by atoms with Crippen molar-refractivity contribution < 1.29 is 4.79 Å². The summed E-state index contributed by atoms with van der Waals surface area (Å²) < 4.78 is 0. The van der Waals surface area contributed by atoms with E-state index in [-0.39, 0.29) is 6.03 Å². The number of amides is 2. The van der Waals surface area contributed by atoms with Crippen LogP contribution in [0.5, 0.6) is 0 Å². The van der Waals surface area contributed by atoms with Gasteiger partial charge in [-0.15, -0.1) is 11.3 Å². The highest BCUT2D eigenvalue weighted by Gasteiger charge is 2.09. The third-order valence-corrected chi connectivity index (χ3v) is 4.18. The van der Waals surface area contributed by atoms with E-state index in [9.17, 15) is 4.79 Å². The van der Waals surface area contributed by atoms with Crippen molar-refractivity contribution in [2.75, 3.05) is 13.6 Å². The summed E-state index contributed by atoms with van der Waals surface area (Å²) in [5.41, 5.74) is 2.40. The lowest BCUT2D eigenvalue weighted by atomic mass is 10.1. The highest BCUT2D eigenvalue weighted by molar-refractivity contribution is 7.09. The van der Waals surface area contributed by atoms with E-state index in [1.165, 1.54) is 16.0 Å². The average Bonchev–Trinajstić information content (AvgIpc) is 2.94. The van der Waals surface area contributed by atoms with Gasteiger partial charge in [-0.2, -0.15) is 0 Å². The van der Waals surface area contributed by atoms with Crippen molar-refractivity contribution in [2.45, 2.75) is 19.9 Å². The molecule has 106 valence electrons. The summed E-state index contributed by atoms with van der Waals surface area (Å²) in [4.78, 5) is 15.0. The highest BCUT2D eigenvalue weighted by atomic mass is 32.1. The Morgan fingerprint density at radius 1 is 1.25 bits per heavy atom. The van der Waals surface area contributed by atoms with Crippen molar-refractivity contribution in [2.24, 2.45) is 0 Å². The second-order valence-electron chi connectivity index (χ2n) is 4.84. The van der Waals surface area contributed by atoms with E-state index in [0.29, 0.717) is 13.1 Å². The van der Waals surface area contributed by atoms with Gasteiger partial charge in [-0.1, -0.05) is 30.3 Å². The molecule has 2 rings (SSSR count). The SMILES string of the molecule is Cc1ccccc1CN(C)C(=O)NCCc1cccs1. The summed E-state index contributed by atoms with van der Waals surface area (Å²) in [6.07, 6.45) is 0.890. The number of rotatable bonds is 5. The minimum Gasteiger partial charge on any atom is -0.338 e. The topological polar surface area (TPSA) is 32.3 Å². The predicted molar refractivity (Wildman–Crippen MR) is 84.1 cm³/mol. The van der Waals surface area contributed by atoms with Crippen LogP contribution in [0.25, 0.3) is 0 Å². The molecule has 1 aromatic carbocycles. The predicted octanol–water partition coefficient (Wildman–Crippen LogP) is 3.44. The molecule has 0 aliphatic heterocycles. The van der Waals surface area contributed by atoms with Gasteiger partial charge >= 0.3 is 6.03 Å². The van der Waals surface area contributed by atoms with E-state index < -0.39 is 0 Å². The fraction of sp³-hybridized carbons (Fsp3) is 0.312. The van der Waals surface area contributed by atoms with E-state index in [0.717, 1.165) is 6.42 Å². The largest absolute Gasteiger partial charge is 0.338 e. The number of thiophene rings is 1. The second kappa shape index (κ2) is 7.10. The van der Waals surface area contributed by atoms with Crippen LogP contribution < -0.4 is 5.32 Å². The first-order valence-electron chi connectivity index (χ1n) is 6.72. The number of carbonyl (C=O) groups is 1. The maximum Gasteiger partial charge on any atom is 0.317 e. The minimum atomic E-state index is -0.0233. The van der Waals surface area contributed by atoms with Gasteiger partial charge in [0.1, 0.15) is 0 Å². The van der Waals surface area contributed by atoms with Crippen LogP contribution in [0, 0.1) is 6.92 Å². The molecule has 4 heteroatoms. The molecule has 1 aromatic heterocycles. The molecule has 2 aromatic rings. The van der Waals surface area contributed by atoms with E-state index in [2.05, 4.69) is 35.8 Å². The van der Waals surface area contributed by atoms with Crippen molar-refractivity contribution in [3.05, 3.63) is 57.8 Å². The maximum absolute atomic E-state index is 12.0. The number of aryl methyl sites for hydroxylation is 1. The van der Waals surface area contributed by atoms with Crippen LogP contribution in [0.3, 0.4) is 0 Å². The zero-order valence-corrected chi connectivity index (χ0v) is 12.7. The first-order valence-corrected chi connectivity index (χ1v) is 7.60. The lowest BCUT2D eigenvalue weighted by molar-refractivity contribution is 0.207. The molecular weight excluding hydrogens is 268 g/mol. The van der Waals surface area contributed by atoms with Gasteiger partial charge < -0.3 is 10.2 Å². The van der Waals surface area contributed by atoms with E-state index in [4.69, 9.17) is 0 Å². The van der Waals surface area contributed by atoms with Crippen LogP contribution in [0.1, 0.15) is 16.0 Å². The Hall–Kier alpha value is -1.81. The number of benzene rings is 1. The van der Waals surface area contributed by atoms with Crippen molar-refractivity contribution in [3.63, 3.8) is 0 Å². The Balaban J connectivity index is 1.79. The molecule has 3 nitrogen and oxygen atoms in total. The molecule has 0 unspecified atom stereocenters. The third-order valence-electron chi connectivity index (χ3n) is 3.24. The first kappa shape index (κ1) is 14.6. The zero-order chi connectivity index (χ0) is 14.4. The van der Waals surface area contributed by atoms with Gasteiger partial charge in [0.05, 0.1) is 0 Å². The average molecular weight is 288 g/mol. The van der Waals surface area contributed by atoms with E-state index in [1.807, 2.05) is 25.2 Å². The molecule has 1 heterocycles. The van der Waals surface area contributed by atoms with E-state index >= 15 is 0 Å². The van der Waals surface area contributed by atoms with Gasteiger partial charge in [-0.3, -0.25) is 0 Å². The van der Waals surface area contributed by atoms with Gasteiger partial charge in [0.2, 0.25) is 0 Å². The fourth-order valence-corrected chi connectivity index (χ4v) is 2.71. The molecule has 0 radical (unpaired) electrons. The summed E-state index contributed by atoms with van der Waals surface area (Å²) in [5.74, 6) is 0. The first-order chi connectivity index (χ1) is 9.66. The Kier molecular flexibility index (Phi) is 5.18. The number of nitrogens with one attached hydrogen (secondary N) is 1. The Labute approximate surface area is 124 Å². The molecular formula is C16H20N2OS. The highest BCUT2D eigenvalue weighted by Crippen LogP contribution is 2.10. The lowest BCUT2D eigenvalue weighted by Gasteiger charge is -2.19. The fourth-order valence-electron chi connectivity index (χ4n) is 2.00. The van der Waals surface area contributed by atoms with Crippen LogP contribution in [-0.2, 0) is 13.0 Å². The molecule has 0 bridgehead atoms. The van der Waals surface area contributed by atoms with Gasteiger partial charge in [-0.05, 0) is 35.9 Å². The van der Waals surface area contributed by atoms with Crippen LogP contribution in [0.15, 0.2) is 41.8 Å². The van der Waals surface area contributed by atoms with Crippen LogP contribution in [-0.4, -0.2) is 24.5 Å². The standard InChI is InChI=1S/C16H20N2OS/c1-13-6-3-4-7-14(13)12-18(2)16(19)17-10-9-15-8-5-11-20-15/h3-8,11H,9-10,12H2,1-2H3,(H,17,19). The quantitative estimate of drug-likeness (QED) is 0.898. The molecule has 0 aliphatic carbocycles. The number of hydrogen-bond acceptors (Lipinski definition) is 2. The molecule has 1 N–H and O–H groups in total. The minimum absolute atomic E-state index is 0.0233. The summed E-state index contributed by atoms with van der Waals surface area (Å²) in [5, 5.41) is 5.01. The van der Waals surface area contributed by atoms with Crippen LogP contribution >= 0.6 is 11.3 Å². The van der Waals surface area contributed by atoms with Crippen LogP contribution in [0.4, 0.5) is 4.79 Å². The van der Waals surface area contributed by atoms with E-state index in [1.54, 1.807) is 16.2 Å². The monoisotopic (exact) mass is 288 g/mol. The number of urea groups is 1. The molecule has 0 fully saturated rings. The second-order valence-corrected chi connectivity index (χ2v) is 5.88.